The first-order valence-electron chi connectivity index (χ1n) is 15.4. The topological polar surface area (TPSA) is 88.9 Å². The normalized spacial score (nSPS) is 15.2. The number of nitrogens with one attached hydrogen (secondary N) is 2. The van der Waals surface area contributed by atoms with E-state index in [0.717, 1.165) is 48.8 Å². The van der Waals surface area contributed by atoms with Crippen molar-refractivity contribution in [2.75, 3.05) is 10.6 Å². The van der Waals surface area contributed by atoms with Crippen LogP contribution in [0.3, 0.4) is 0 Å². The highest BCUT2D eigenvalue weighted by atomic mass is 16.2. The molecule has 7 nitrogen and oxygen atoms in total. The zero-order chi connectivity index (χ0) is 30.6. The molecule has 1 aliphatic rings. The van der Waals surface area contributed by atoms with Gasteiger partial charge in [0.05, 0.1) is 29.5 Å². The maximum Gasteiger partial charge on any atom is 0.255 e. The lowest BCUT2D eigenvalue weighted by molar-refractivity contribution is -0.117. The van der Waals surface area contributed by atoms with Crippen LogP contribution in [0.25, 0.3) is 5.57 Å². The lowest BCUT2D eigenvalue weighted by Gasteiger charge is -2.15. The number of carbonyl (C=O) groups is 2. The number of amides is 2. The fourth-order valence-corrected chi connectivity index (χ4v) is 5.14. The zero-order valence-electron chi connectivity index (χ0n) is 26.6. The Kier molecular flexibility index (Phi) is 12.5. The summed E-state index contributed by atoms with van der Waals surface area (Å²) in [6.45, 7) is 12.5. The molecule has 0 bridgehead atoms. The van der Waals surface area contributed by atoms with E-state index in [4.69, 9.17) is 0 Å². The smallest absolute Gasteiger partial charge is 0.255 e. The van der Waals surface area contributed by atoms with E-state index in [0.29, 0.717) is 40.9 Å². The van der Waals surface area contributed by atoms with E-state index < -0.39 is 0 Å². The molecule has 2 amide bonds. The Morgan fingerprint density at radius 2 is 1.86 bits per heavy atom. The minimum atomic E-state index is -0.222. The molecule has 226 valence electrons. The number of aryl methyl sites for hydroxylation is 2. The van der Waals surface area contributed by atoms with Crippen LogP contribution in [0.4, 0.5) is 11.4 Å². The van der Waals surface area contributed by atoms with Gasteiger partial charge in [0.25, 0.3) is 5.91 Å². The second-order valence-electron chi connectivity index (χ2n) is 11.8. The van der Waals surface area contributed by atoms with Gasteiger partial charge in [0.15, 0.2) is 0 Å². The Hall–Kier alpha value is -3.74. The summed E-state index contributed by atoms with van der Waals surface area (Å²) in [7, 11) is 1.92. The highest BCUT2D eigenvalue weighted by Crippen LogP contribution is 2.30. The molecule has 1 saturated carbocycles. The molecular formula is C35H49N5O2. The molecule has 0 spiro atoms. The first-order chi connectivity index (χ1) is 20.1. The van der Waals surface area contributed by atoms with E-state index >= 15 is 0 Å². The summed E-state index contributed by atoms with van der Waals surface area (Å²) in [5.74, 6) is 0.562. The summed E-state index contributed by atoms with van der Waals surface area (Å²) >= 11 is 0. The van der Waals surface area contributed by atoms with Crippen molar-refractivity contribution in [1.29, 1.82) is 0 Å². The standard InChI is InChI=1S/C35H49N5O2/c1-8-10-11-16-28(18-29(24(3)4)19-32(25(5)9-2)30-21-37-40(7)23-30)35(42)39-33-20-31(22-36-26(33)6)38-34(41)17-27-14-12-13-15-27/h11,16,18-23,25,27H,8-10,12-15,17H2,1-7H3,(H,38,41)(H,39,42)/b16-11+,28-18+,32-19+. The van der Waals surface area contributed by atoms with Crippen molar-refractivity contribution in [1.82, 2.24) is 14.8 Å². The molecular weight excluding hydrogens is 522 g/mol. The molecule has 2 heterocycles. The van der Waals surface area contributed by atoms with Gasteiger partial charge in [-0.05, 0) is 81.6 Å². The van der Waals surface area contributed by atoms with E-state index in [2.05, 4.69) is 61.4 Å². The van der Waals surface area contributed by atoms with Crippen LogP contribution in [0.15, 0.2) is 65.7 Å². The molecule has 1 aliphatic carbocycles. The largest absolute Gasteiger partial charge is 0.325 e. The molecule has 0 saturated heterocycles. The maximum absolute atomic E-state index is 13.7. The monoisotopic (exact) mass is 571 g/mol. The van der Waals surface area contributed by atoms with E-state index in [9.17, 15) is 9.59 Å². The average Bonchev–Trinajstić information content (AvgIpc) is 3.62. The highest BCUT2D eigenvalue weighted by Gasteiger charge is 2.19. The molecule has 2 aromatic heterocycles. The summed E-state index contributed by atoms with van der Waals surface area (Å²) in [5, 5.41) is 10.4. The second kappa shape index (κ2) is 16.0. The molecule has 0 radical (unpaired) electrons. The van der Waals surface area contributed by atoms with Crippen molar-refractivity contribution in [3.8, 4) is 0 Å². The van der Waals surface area contributed by atoms with Crippen molar-refractivity contribution >= 4 is 28.8 Å². The molecule has 2 aromatic rings. The maximum atomic E-state index is 13.7. The predicted octanol–water partition coefficient (Wildman–Crippen LogP) is 8.33. The summed E-state index contributed by atoms with van der Waals surface area (Å²) in [6, 6.07) is 1.80. The SMILES string of the molecule is CCC/C=C/C(=C\C(/C=C(/c1cnn(C)c1)C(C)CC)=C(C)C)C(=O)Nc1cc(NC(=O)CC2CCCC2)cnc1C. The van der Waals surface area contributed by atoms with Crippen LogP contribution >= 0.6 is 0 Å². The number of nitrogens with zero attached hydrogens (tertiary/aromatic N) is 3. The van der Waals surface area contributed by atoms with E-state index in [1.807, 2.05) is 49.3 Å². The molecule has 3 rings (SSSR count). The minimum absolute atomic E-state index is 0.00127. The van der Waals surface area contributed by atoms with Gasteiger partial charge in [-0.2, -0.15) is 5.10 Å². The summed E-state index contributed by atoms with van der Waals surface area (Å²) in [5.41, 5.74) is 6.79. The van der Waals surface area contributed by atoms with Gasteiger partial charge in [-0.25, -0.2) is 0 Å². The lowest BCUT2D eigenvalue weighted by Crippen LogP contribution is -2.17. The molecule has 0 aliphatic heterocycles. The molecule has 0 aromatic carbocycles. The Bertz CT molecular complexity index is 1350. The number of carbonyl (C=O) groups excluding carboxylic acids is 2. The molecule has 7 heteroatoms. The molecule has 1 unspecified atom stereocenters. The quantitative estimate of drug-likeness (QED) is 0.187. The van der Waals surface area contributed by atoms with Gasteiger partial charge in [0, 0.05) is 30.8 Å². The third kappa shape index (κ3) is 9.68. The first kappa shape index (κ1) is 32.8. The van der Waals surface area contributed by atoms with Crippen molar-refractivity contribution in [2.24, 2.45) is 18.9 Å². The van der Waals surface area contributed by atoms with E-state index in [1.54, 1.807) is 12.3 Å². The molecule has 42 heavy (non-hydrogen) atoms. The number of hydrogen-bond donors (Lipinski definition) is 2. The number of unbranched alkanes of at least 4 members (excludes halogenated alkanes) is 1. The van der Waals surface area contributed by atoms with Crippen molar-refractivity contribution in [2.45, 2.75) is 92.9 Å². The van der Waals surface area contributed by atoms with Crippen LogP contribution < -0.4 is 10.6 Å². The number of allylic oxidation sites excluding steroid dienone is 6. The summed E-state index contributed by atoms with van der Waals surface area (Å²) in [6.07, 6.45) is 21.7. The Labute approximate surface area is 252 Å². The van der Waals surface area contributed by atoms with E-state index in [-0.39, 0.29) is 11.8 Å². The lowest BCUT2D eigenvalue weighted by atomic mass is 9.90. The highest BCUT2D eigenvalue weighted by molar-refractivity contribution is 6.07. The predicted molar refractivity (Wildman–Crippen MR) is 174 cm³/mol. The molecule has 1 fully saturated rings. The van der Waals surface area contributed by atoms with Gasteiger partial charge < -0.3 is 10.6 Å². The fraction of sp³-hybridized carbons (Fsp3) is 0.486. The number of pyridine rings is 1. The number of aromatic nitrogens is 3. The molecule has 2 N–H and O–H groups in total. The van der Waals surface area contributed by atoms with Gasteiger partial charge in [-0.15, -0.1) is 0 Å². The van der Waals surface area contributed by atoms with Crippen molar-refractivity contribution < 1.29 is 9.59 Å². The Balaban J connectivity index is 1.91. The third-order valence-electron chi connectivity index (χ3n) is 7.96. The summed E-state index contributed by atoms with van der Waals surface area (Å²) < 4.78 is 1.82. The summed E-state index contributed by atoms with van der Waals surface area (Å²) in [4.78, 5) is 30.8. The fourth-order valence-electron chi connectivity index (χ4n) is 5.14. The minimum Gasteiger partial charge on any atom is -0.325 e. The van der Waals surface area contributed by atoms with Crippen LogP contribution in [0, 0.1) is 18.8 Å². The van der Waals surface area contributed by atoms with Gasteiger partial charge in [0.2, 0.25) is 5.91 Å². The van der Waals surface area contributed by atoms with Gasteiger partial charge in [0.1, 0.15) is 0 Å². The molecule has 1 atom stereocenters. The average molecular weight is 572 g/mol. The number of anilines is 2. The first-order valence-corrected chi connectivity index (χ1v) is 15.4. The Morgan fingerprint density at radius 1 is 1.12 bits per heavy atom. The van der Waals surface area contributed by atoms with Crippen molar-refractivity contribution in [3.63, 3.8) is 0 Å². The van der Waals surface area contributed by atoms with Gasteiger partial charge in [-0.1, -0.05) is 63.8 Å². The third-order valence-corrected chi connectivity index (χ3v) is 7.96. The van der Waals surface area contributed by atoms with Crippen LogP contribution in [0.5, 0.6) is 0 Å². The van der Waals surface area contributed by atoms with Gasteiger partial charge >= 0.3 is 0 Å². The Morgan fingerprint density at radius 3 is 2.48 bits per heavy atom. The number of rotatable bonds is 13. The van der Waals surface area contributed by atoms with Crippen LogP contribution in [-0.4, -0.2) is 26.6 Å². The second-order valence-corrected chi connectivity index (χ2v) is 11.8. The van der Waals surface area contributed by atoms with Crippen molar-refractivity contribution in [3.05, 3.63) is 76.9 Å². The van der Waals surface area contributed by atoms with E-state index in [1.165, 1.54) is 18.4 Å². The van der Waals surface area contributed by atoms with Crippen LogP contribution in [0.1, 0.15) is 97.2 Å². The van der Waals surface area contributed by atoms with Crippen LogP contribution in [0.2, 0.25) is 0 Å². The zero-order valence-corrected chi connectivity index (χ0v) is 26.6. The van der Waals surface area contributed by atoms with Crippen LogP contribution in [-0.2, 0) is 16.6 Å². The number of hydrogen-bond acceptors (Lipinski definition) is 4. The van der Waals surface area contributed by atoms with Gasteiger partial charge in [-0.3, -0.25) is 19.3 Å².